The highest BCUT2D eigenvalue weighted by Gasteiger charge is 2.13. The molecular weight excluding hydrogens is 406 g/mol. The van der Waals surface area contributed by atoms with Gasteiger partial charge in [0.15, 0.2) is 0 Å². The predicted octanol–water partition coefficient (Wildman–Crippen LogP) is 3.92. The summed E-state index contributed by atoms with van der Waals surface area (Å²) in [5.74, 6) is 1.11. The van der Waals surface area contributed by atoms with Gasteiger partial charge in [0.25, 0.3) is 5.56 Å². The van der Waals surface area contributed by atoms with Crippen LogP contribution in [0.1, 0.15) is 26.6 Å². The van der Waals surface area contributed by atoms with Crippen LogP contribution in [-0.2, 0) is 22.5 Å². The Kier molecular flexibility index (Phi) is 8.02. The maximum atomic E-state index is 12.7. The second-order valence-corrected chi connectivity index (χ2v) is 7.26. The molecular formula is C25H29N3O4. The lowest BCUT2D eigenvalue weighted by atomic mass is 10.1. The van der Waals surface area contributed by atoms with Gasteiger partial charge in [-0.25, -0.2) is 9.78 Å². The molecule has 1 aromatic heterocycles. The molecule has 1 heterocycles. The Hall–Kier alpha value is -3.61. The van der Waals surface area contributed by atoms with Gasteiger partial charge in [0.1, 0.15) is 24.2 Å². The molecule has 7 heteroatoms. The molecule has 3 rings (SSSR count). The summed E-state index contributed by atoms with van der Waals surface area (Å²) in [6.07, 6.45) is 0.648. The molecule has 32 heavy (non-hydrogen) atoms. The number of hydrogen-bond donors (Lipinski definition) is 1. The van der Waals surface area contributed by atoms with E-state index < -0.39 is 6.04 Å². The molecule has 2 aromatic carbocycles. The van der Waals surface area contributed by atoms with E-state index in [9.17, 15) is 9.59 Å². The Morgan fingerprint density at radius 2 is 1.81 bits per heavy atom. The number of carbonyl (C=O) groups excluding carboxylic acids is 1. The predicted molar refractivity (Wildman–Crippen MR) is 125 cm³/mol. The molecule has 0 amide bonds. The molecule has 0 fully saturated rings. The molecule has 168 valence electrons. The van der Waals surface area contributed by atoms with E-state index in [1.807, 2.05) is 61.5 Å². The number of esters is 1. The van der Waals surface area contributed by atoms with Gasteiger partial charge in [-0.2, -0.15) is 0 Å². The van der Waals surface area contributed by atoms with E-state index in [1.165, 1.54) is 0 Å². The molecule has 0 aliphatic rings. The minimum absolute atomic E-state index is 0.0909. The number of hydrogen-bond acceptors (Lipinski definition) is 6. The van der Waals surface area contributed by atoms with Gasteiger partial charge in [-0.05, 0) is 38.1 Å². The first-order valence-corrected chi connectivity index (χ1v) is 10.8. The van der Waals surface area contributed by atoms with Crippen molar-refractivity contribution >= 4 is 11.7 Å². The van der Waals surface area contributed by atoms with Gasteiger partial charge in [-0.3, -0.25) is 9.36 Å². The topological polar surface area (TPSA) is 82.4 Å². The summed E-state index contributed by atoms with van der Waals surface area (Å²) in [4.78, 5) is 29.1. The van der Waals surface area contributed by atoms with Crippen molar-refractivity contribution in [1.82, 2.24) is 9.55 Å². The van der Waals surface area contributed by atoms with Crippen LogP contribution in [0.4, 0.5) is 5.69 Å². The Bertz CT molecular complexity index is 1080. The molecule has 3 aromatic rings. The van der Waals surface area contributed by atoms with Gasteiger partial charge in [-0.1, -0.05) is 37.3 Å². The average Bonchev–Trinajstić information content (AvgIpc) is 2.81. The highest BCUT2D eigenvalue weighted by atomic mass is 16.5. The average molecular weight is 436 g/mol. The van der Waals surface area contributed by atoms with Crippen LogP contribution >= 0.6 is 0 Å². The first kappa shape index (κ1) is 23.1. The summed E-state index contributed by atoms with van der Waals surface area (Å²) >= 11 is 0. The highest BCUT2D eigenvalue weighted by molar-refractivity contribution is 5.78. The van der Waals surface area contributed by atoms with Crippen molar-refractivity contribution in [1.29, 1.82) is 0 Å². The summed E-state index contributed by atoms with van der Waals surface area (Å²) in [6, 6.07) is 18.1. The zero-order chi connectivity index (χ0) is 22.9. The summed E-state index contributed by atoms with van der Waals surface area (Å²) in [5, 5.41) is 3.09. The van der Waals surface area contributed by atoms with Gasteiger partial charge >= 0.3 is 5.97 Å². The van der Waals surface area contributed by atoms with Crippen molar-refractivity contribution in [3.05, 3.63) is 76.8 Å². The van der Waals surface area contributed by atoms with E-state index in [0.29, 0.717) is 37.6 Å². The summed E-state index contributed by atoms with van der Waals surface area (Å²) < 4.78 is 12.5. The molecule has 0 radical (unpaired) electrons. The number of anilines is 1. The second-order valence-electron chi connectivity index (χ2n) is 7.26. The first-order chi connectivity index (χ1) is 15.5. The molecule has 0 spiro atoms. The minimum atomic E-state index is -0.438. The van der Waals surface area contributed by atoms with Gasteiger partial charge in [0.2, 0.25) is 0 Å². The molecule has 0 unspecified atom stereocenters. The maximum Gasteiger partial charge on any atom is 0.328 e. The van der Waals surface area contributed by atoms with Gasteiger partial charge < -0.3 is 14.8 Å². The molecule has 0 bridgehead atoms. The number of nitrogens with one attached hydrogen (secondary N) is 1. The third-order valence-corrected chi connectivity index (χ3v) is 4.93. The fourth-order valence-electron chi connectivity index (χ4n) is 3.30. The monoisotopic (exact) mass is 435 g/mol. The van der Waals surface area contributed by atoms with Crippen LogP contribution in [0.25, 0.3) is 11.3 Å². The Labute approximate surface area is 188 Å². The summed E-state index contributed by atoms with van der Waals surface area (Å²) in [5.41, 5.74) is 2.31. The lowest BCUT2D eigenvalue weighted by molar-refractivity contribution is -0.143. The summed E-state index contributed by atoms with van der Waals surface area (Å²) in [7, 11) is 0. The number of carbonyl (C=O) groups is 1. The van der Waals surface area contributed by atoms with E-state index in [1.54, 1.807) is 24.5 Å². The third-order valence-electron chi connectivity index (χ3n) is 4.93. The van der Waals surface area contributed by atoms with Crippen molar-refractivity contribution in [2.75, 3.05) is 18.5 Å². The standard InChI is InChI=1S/C25H29N3O4/c1-4-23-27-22(19-9-7-6-8-10-19)17-24(29)28(23)15-16-32-21-13-11-20(12-14-21)26-18(3)25(30)31-5-2/h6-14,17-18,26H,4-5,15-16H2,1-3H3/t18-/m1/s1. The van der Waals surface area contributed by atoms with Crippen molar-refractivity contribution < 1.29 is 14.3 Å². The van der Waals surface area contributed by atoms with Crippen LogP contribution in [0, 0.1) is 0 Å². The second kappa shape index (κ2) is 11.1. The lowest BCUT2D eigenvalue weighted by Crippen LogP contribution is -2.28. The fraction of sp³-hybridized carbons (Fsp3) is 0.320. The number of ether oxygens (including phenoxy) is 2. The molecule has 0 saturated heterocycles. The van der Waals surface area contributed by atoms with E-state index >= 15 is 0 Å². The number of aryl methyl sites for hydroxylation is 1. The maximum absolute atomic E-state index is 12.7. The van der Waals surface area contributed by atoms with Crippen molar-refractivity contribution in [2.24, 2.45) is 0 Å². The van der Waals surface area contributed by atoms with E-state index in [4.69, 9.17) is 9.47 Å². The minimum Gasteiger partial charge on any atom is -0.492 e. The van der Waals surface area contributed by atoms with Crippen molar-refractivity contribution in [2.45, 2.75) is 39.8 Å². The zero-order valence-electron chi connectivity index (χ0n) is 18.7. The Balaban J connectivity index is 1.60. The van der Waals surface area contributed by atoms with Crippen LogP contribution in [0.2, 0.25) is 0 Å². The number of nitrogens with zero attached hydrogens (tertiary/aromatic N) is 2. The van der Waals surface area contributed by atoms with E-state index in [-0.39, 0.29) is 11.5 Å². The number of aromatic nitrogens is 2. The van der Waals surface area contributed by atoms with Gasteiger partial charge in [0.05, 0.1) is 18.8 Å². The SMILES string of the molecule is CCOC(=O)[C@@H](C)Nc1ccc(OCCn2c(CC)nc(-c3ccccc3)cc2=O)cc1. The van der Waals surface area contributed by atoms with Gasteiger partial charge in [0, 0.05) is 23.7 Å². The van der Waals surface area contributed by atoms with Gasteiger partial charge in [-0.15, -0.1) is 0 Å². The molecule has 0 saturated carbocycles. The van der Waals surface area contributed by atoms with Crippen LogP contribution in [0.15, 0.2) is 65.5 Å². The molecule has 1 atom stereocenters. The van der Waals surface area contributed by atoms with Crippen LogP contribution in [-0.4, -0.2) is 34.8 Å². The largest absolute Gasteiger partial charge is 0.492 e. The smallest absolute Gasteiger partial charge is 0.328 e. The molecule has 0 aliphatic heterocycles. The number of rotatable bonds is 10. The number of benzene rings is 2. The highest BCUT2D eigenvalue weighted by Crippen LogP contribution is 2.18. The van der Waals surface area contributed by atoms with E-state index in [0.717, 1.165) is 17.1 Å². The Morgan fingerprint density at radius 1 is 1.09 bits per heavy atom. The normalized spacial score (nSPS) is 11.6. The molecule has 1 N–H and O–H groups in total. The molecule has 7 nitrogen and oxygen atoms in total. The van der Waals surface area contributed by atoms with Crippen LogP contribution < -0.4 is 15.6 Å². The third kappa shape index (κ3) is 5.97. The van der Waals surface area contributed by atoms with Crippen LogP contribution in [0.5, 0.6) is 5.75 Å². The Morgan fingerprint density at radius 3 is 2.47 bits per heavy atom. The zero-order valence-corrected chi connectivity index (χ0v) is 18.7. The lowest BCUT2D eigenvalue weighted by Gasteiger charge is -2.15. The quantitative estimate of drug-likeness (QED) is 0.486. The van der Waals surface area contributed by atoms with E-state index in [2.05, 4.69) is 10.3 Å². The summed E-state index contributed by atoms with van der Waals surface area (Å²) in [6.45, 7) is 6.61. The van der Waals surface area contributed by atoms with Crippen molar-refractivity contribution in [3.63, 3.8) is 0 Å². The first-order valence-electron chi connectivity index (χ1n) is 10.8. The van der Waals surface area contributed by atoms with Crippen LogP contribution in [0.3, 0.4) is 0 Å². The molecule has 0 aliphatic carbocycles. The van der Waals surface area contributed by atoms with Crippen molar-refractivity contribution in [3.8, 4) is 17.0 Å². The fourth-order valence-corrected chi connectivity index (χ4v) is 3.30.